The van der Waals surface area contributed by atoms with Gasteiger partial charge in [0.25, 0.3) is 0 Å². The molecule has 0 aromatic carbocycles. The number of hydrazine groups is 1. The Hall–Kier alpha value is -1.31. The summed E-state index contributed by atoms with van der Waals surface area (Å²) < 4.78 is 1.99. The van der Waals surface area contributed by atoms with Crippen molar-refractivity contribution in [1.29, 1.82) is 0 Å². The third kappa shape index (κ3) is 2.84. The van der Waals surface area contributed by atoms with Crippen molar-refractivity contribution in [3.8, 4) is 11.8 Å². The van der Waals surface area contributed by atoms with Crippen LogP contribution in [0.5, 0.6) is 0 Å². The van der Waals surface area contributed by atoms with Crippen LogP contribution in [0.4, 0.5) is 0 Å². The summed E-state index contributed by atoms with van der Waals surface area (Å²) >= 11 is 0. The molecule has 1 aromatic heterocycles. The number of nitrogens with one attached hydrogen (secondary N) is 1. The number of nitrogens with two attached hydrogens (primary N) is 1. The molecule has 0 saturated heterocycles. The third-order valence-electron chi connectivity index (χ3n) is 2.56. The van der Waals surface area contributed by atoms with E-state index in [0.717, 1.165) is 24.4 Å². The van der Waals surface area contributed by atoms with E-state index in [1.165, 1.54) is 0 Å². The van der Waals surface area contributed by atoms with Crippen molar-refractivity contribution >= 4 is 0 Å². The third-order valence-corrected chi connectivity index (χ3v) is 2.56. The Kier molecular flexibility index (Phi) is 5.03. The van der Waals surface area contributed by atoms with Crippen LogP contribution in [0.3, 0.4) is 0 Å². The van der Waals surface area contributed by atoms with Crippen molar-refractivity contribution in [2.24, 2.45) is 5.84 Å². The molecule has 0 bridgehead atoms. The van der Waals surface area contributed by atoms with Gasteiger partial charge in [-0.2, -0.15) is 5.10 Å². The normalized spacial score (nSPS) is 12.0. The topological polar surface area (TPSA) is 55.9 Å². The van der Waals surface area contributed by atoms with Gasteiger partial charge in [-0.1, -0.05) is 6.92 Å². The van der Waals surface area contributed by atoms with Gasteiger partial charge < -0.3 is 0 Å². The van der Waals surface area contributed by atoms with Crippen LogP contribution < -0.4 is 11.3 Å². The van der Waals surface area contributed by atoms with Gasteiger partial charge in [0.1, 0.15) is 0 Å². The monoisotopic (exact) mass is 220 g/mol. The molecule has 0 spiro atoms. The highest BCUT2D eigenvalue weighted by atomic mass is 15.3. The van der Waals surface area contributed by atoms with Gasteiger partial charge in [-0.05, 0) is 26.3 Å². The second kappa shape index (κ2) is 6.31. The summed E-state index contributed by atoms with van der Waals surface area (Å²) in [6, 6.07) is 2.16. The predicted octanol–water partition coefficient (Wildman–Crippen LogP) is 1.38. The zero-order valence-corrected chi connectivity index (χ0v) is 10.2. The first kappa shape index (κ1) is 12.8. The highest BCUT2D eigenvalue weighted by Gasteiger charge is 2.15. The molecule has 1 atom stereocenters. The Balaban J connectivity index is 2.96. The zero-order valence-electron chi connectivity index (χ0n) is 10.2. The first-order valence-corrected chi connectivity index (χ1v) is 5.69. The molecule has 0 fully saturated rings. The minimum Gasteiger partial charge on any atom is -0.271 e. The van der Waals surface area contributed by atoms with Crippen molar-refractivity contribution in [2.45, 2.75) is 46.2 Å². The average Bonchev–Trinajstić information content (AvgIpc) is 2.73. The van der Waals surface area contributed by atoms with E-state index in [0.29, 0.717) is 6.42 Å². The zero-order chi connectivity index (χ0) is 12.0. The lowest BCUT2D eigenvalue weighted by Gasteiger charge is -2.14. The van der Waals surface area contributed by atoms with Gasteiger partial charge in [0.2, 0.25) is 0 Å². The number of aromatic nitrogens is 2. The predicted molar refractivity (Wildman–Crippen MR) is 65.4 cm³/mol. The van der Waals surface area contributed by atoms with Crippen LogP contribution in [0, 0.1) is 11.8 Å². The molecule has 0 radical (unpaired) electrons. The summed E-state index contributed by atoms with van der Waals surface area (Å²) in [5.41, 5.74) is 5.02. The van der Waals surface area contributed by atoms with E-state index in [1.807, 2.05) is 11.6 Å². The van der Waals surface area contributed by atoms with E-state index < -0.39 is 0 Å². The summed E-state index contributed by atoms with van der Waals surface area (Å²) in [5, 5.41) is 4.50. The summed E-state index contributed by atoms with van der Waals surface area (Å²) in [4.78, 5) is 0. The molecule has 1 rings (SSSR count). The highest BCUT2D eigenvalue weighted by molar-refractivity contribution is 5.16. The molecule has 3 N–H and O–H groups in total. The minimum atomic E-state index is 0.0557. The number of hydrogen-bond acceptors (Lipinski definition) is 3. The Morgan fingerprint density at radius 3 is 2.81 bits per heavy atom. The molecule has 0 aliphatic heterocycles. The largest absolute Gasteiger partial charge is 0.271 e. The second-order valence-corrected chi connectivity index (χ2v) is 3.58. The van der Waals surface area contributed by atoms with Gasteiger partial charge in [-0.15, -0.1) is 11.8 Å². The molecule has 1 aromatic rings. The van der Waals surface area contributed by atoms with Gasteiger partial charge in [0.15, 0.2) is 0 Å². The molecule has 4 nitrogen and oxygen atoms in total. The number of hydrogen-bond donors (Lipinski definition) is 2. The van der Waals surface area contributed by atoms with Gasteiger partial charge in [-0.25, -0.2) is 0 Å². The first-order valence-electron chi connectivity index (χ1n) is 5.69. The van der Waals surface area contributed by atoms with Crippen molar-refractivity contribution in [1.82, 2.24) is 15.2 Å². The maximum Gasteiger partial charge on any atom is 0.0738 e. The fraction of sp³-hybridized carbons (Fsp3) is 0.583. The van der Waals surface area contributed by atoms with Crippen LogP contribution in [0.15, 0.2) is 6.07 Å². The molecular weight excluding hydrogens is 200 g/mol. The van der Waals surface area contributed by atoms with Crippen LogP contribution in [0.1, 0.15) is 44.6 Å². The quantitative estimate of drug-likeness (QED) is 0.448. The molecule has 0 amide bonds. The van der Waals surface area contributed by atoms with E-state index in [4.69, 9.17) is 5.84 Å². The molecule has 1 heterocycles. The summed E-state index contributed by atoms with van der Waals surface area (Å²) in [7, 11) is 0. The number of nitrogens with zero attached hydrogens (tertiary/aromatic N) is 2. The fourth-order valence-corrected chi connectivity index (χ4v) is 1.65. The van der Waals surface area contributed by atoms with Crippen molar-refractivity contribution in [3.63, 3.8) is 0 Å². The molecule has 0 aliphatic rings. The SMILES string of the molecule is CC#CCC(NN)c1cc(CC)nn1CC. The van der Waals surface area contributed by atoms with Crippen molar-refractivity contribution < 1.29 is 0 Å². The average molecular weight is 220 g/mol. The van der Waals surface area contributed by atoms with Gasteiger partial charge in [0.05, 0.1) is 17.4 Å². The van der Waals surface area contributed by atoms with Gasteiger partial charge in [-0.3, -0.25) is 16.0 Å². The number of aryl methyl sites for hydroxylation is 2. The Labute approximate surface area is 97.2 Å². The Morgan fingerprint density at radius 2 is 2.31 bits per heavy atom. The molecule has 0 saturated carbocycles. The standard InChI is InChI=1S/C12H20N4/c1-4-7-8-11(14-13)12-9-10(5-2)15-16(12)6-3/h9,11,14H,5-6,8,13H2,1-3H3. The molecule has 0 aliphatic carbocycles. The van der Waals surface area contributed by atoms with E-state index in [1.54, 1.807) is 0 Å². The van der Waals surface area contributed by atoms with Gasteiger partial charge >= 0.3 is 0 Å². The molecule has 16 heavy (non-hydrogen) atoms. The van der Waals surface area contributed by atoms with E-state index >= 15 is 0 Å². The summed E-state index contributed by atoms with van der Waals surface area (Å²) in [5.74, 6) is 11.5. The van der Waals surface area contributed by atoms with E-state index in [9.17, 15) is 0 Å². The Bertz CT molecular complexity index is 383. The van der Waals surface area contributed by atoms with E-state index in [-0.39, 0.29) is 6.04 Å². The number of rotatable bonds is 5. The molecule has 88 valence electrons. The van der Waals surface area contributed by atoms with Crippen LogP contribution in [-0.2, 0) is 13.0 Å². The highest BCUT2D eigenvalue weighted by Crippen LogP contribution is 2.17. The molecule has 1 unspecified atom stereocenters. The summed E-state index contributed by atoms with van der Waals surface area (Å²) in [6.07, 6.45) is 1.65. The van der Waals surface area contributed by atoms with Crippen LogP contribution >= 0.6 is 0 Å². The lowest BCUT2D eigenvalue weighted by atomic mass is 10.1. The Morgan fingerprint density at radius 1 is 1.56 bits per heavy atom. The van der Waals surface area contributed by atoms with Crippen LogP contribution in [0.25, 0.3) is 0 Å². The minimum absolute atomic E-state index is 0.0557. The molecule has 4 heteroatoms. The maximum absolute atomic E-state index is 5.56. The van der Waals surface area contributed by atoms with Crippen molar-refractivity contribution in [2.75, 3.05) is 0 Å². The van der Waals surface area contributed by atoms with Crippen LogP contribution in [-0.4, -0.2) is 9.78 Å². The second-order valence-electron chi connectivity index (χ2n) is 3.58. The lowest BCUT2D eigenvalue weighted by Crippen LogP contribution is -2.29. The van der Waals surface area contributed by atoms with E-state index in [2.05, 4.69) is 42.3 Å². The molecular formula is C12H20N4. The van der Waals surface area contributed by atoms with Gasteiger partial charge in [0, 0.05) is 13.0 Å². The first-order chi connectivity index (χ1) is 7.76. The van der Waals surface area contributed by atoms with Crippen molar-refractivity contribution in [3.05, 3.63) is 17.5 Å². The van der Waals surface area contributed by atoms with Crippen LogP contribution in [0.2, 0.25) is 0 Å². The summed E-state index contributed by atoms with van der Waals surface area (Å²) in [6.45, 7) is 6.87. The lowest BCUT2D eigenvalue weighted by molar-refractivity contribution is 0.500. The maximum atomic E-state index is 5.56. The smallest absolute Gasteiger partial charge is 0.0738 e. The fourth-order valence-electron chi connectivity index (χ4n) is 1.65.